The summed E-state index contributed by atoms with van der Waals surface area (Å²) in [4.78, 5) is 6.67. The number of aromatic nitrogens is 1. The molecule has 0 amide bonds. The average molecular weight is 298 g/mol. The summed E-state index contributed by atoms with van der Waals surface area (Å²) >= 11 is 12.4. The minimum atomic E-state index is 0.577. The summed E-state index contributed by atoms with van der Waals surface area (Å²) in [5.74, 6) is 0. The molecule has 5 heteroatoms. The Labute approximate surface area is 123 Å². The number of fused-ring (bicyclic) bond motifs is 1. The van der Waals surface area contributed by atoms with Crippen molar-refractivity contribution in [3.8, 4) is 0 Å². The molecule has 0 aliphatic rings. The van der Waals surface area contributed by atoms with Crippen molar-refractivity contribution < 1.29 is 0 Å². The van der Waals surface area contributed by atoms with Gasteiger partial charge < -0.3 is 10.6 Å². The van der Waals surface area contributed by atoms with E-state index in [0.29, 0.717) is 16.6 Å². The van der Waals surface area contributed by atoms with Crippen molar-refractivity contribution in [2.45, 2.75) is 13.3 Å². The van der Waals surface area contributed by atoms with Crippen molar-refractivity contribution in [1.82, 2.24) is 4.98 Å². The summed E-state index contributed by atoms with van der Waals surface area (Å²) in [6.45, 7) is 2.57. The van der Waals surface area contributed by atoms with Crippen LogP contribution in [0.5, 0.6) is 0 Å². The van der Waals surface area contributed by atoms with Crippen molar-refractivity contribution in [2.24, 2.45) is 5.73 Å². The zero-order valence-corrected chi connectivity index (χ0v) is 12.8. The molecule has 2 N–H and O–H groups in total. The molecular formula is C14H17Cl2N3. The van der Waals surface area contributed by atoms with Crippen LogP contribution >= 0.6 is 23.2 Å². The highest BCUT2D eigenvalue weighted by atomic mass is 35.5. The number of anilines is 1. The van der Waals surface area contributed by atoms with Gasteiger partial charge in [0, 0.05) is 30.2 Å². The summed E-state index contributed by atoms with van der Waals surface area (Å²) in [7, 11) is 4.01. The van der Waals surface area contributed by atoms with Crippen molar-refractivity contribution in [2.75, 3.05) is 25.5 Å². The number of hydrogen-bond acceptors (Lipinski definition) is 3. The largest absolute Gasteiger partial charge is 0.377 e. The fraction of sp³-hybridized carbons (Fsp3) is 0.357. The standard InChI is InChI=1S/C14H17Cl2N3/c1-8-10(4-5-17)14(19(2)3)11-6-9(15)7-12(16)13(11)18-8/h6-7H,4-5,17H2,1-3H3. The molecule has 19 heavy (non-hydrogen) atoms. The quantitative estimate of drug-likeness (QED) is 0.944. The average Bonchev–Trinajstić information content (AvgIpc) is 2.31. The maximum absolute atomic E-state index is 6.25. The van der Waals surface area contributed by atoms with Crippen LogP contribution in [0.4, 0.5) is 5.69 Å². The predicted molar refractivity (Wildman–Crippen MR) is 83.6 cm³/mol. The highest BCUT2D eigenvalue weighted by molar-refractivity contribution is 6.38. The Morgan fingerprint density at radius 3 is 2.53 bits per heavy atom. The molecule has 0 fully saturated rings. The first-order valence-electron chi connectivity index (χ1n) is 6.11. The van der Waals surface area contributed by atoms with Gasteiger partial charge in [-0.05, 0) is 37.6 Å². The van der Waals surface area contributed by atoms with Crippen LogP contribution in [0.2, 0.25) is 10.0 Å². The van der Waals surface area contributed by atoms with Gasteiger partial charge in [0.1, 0.15) is 0 Å². The minimum absolute atomic E-state index is 0.577. The Morgan fingerprint density at radius 2 is 1.95 bits per heavy atom. The monoisotopic (exact) mass is 297 g/mol. The minimum Gasteiger partial charge on any atom is -0.377 e. The molecule has 0 radical (unpaired) electrons. The number of benzene rings is 1. The Kier molecular flexibility index (Phi) is 4.19. The first-order valence-corrected chi connectivity index (χ1v) is 6.87. The molecule has 2 rings (SSSR count). The van der Waals surface area contributed by atoms with E-state index >= 15 is 0 Å². The topological polar surface area (TPSA) is 42.2 Å². The highest BCUT2D eigenvalue weighted by Crippen LogP contribution is 2.36. The lowest BCUT2D eigenvalue weighted by atomic mass is 10.0. The highest BCUT2D eigenvalue weighted by Gasteiger charge is 2.16. The molecule has 0 spiro atoms. The van der Waals surface area contributed by atoms with Crippen LogP contribution in [0.15, 0.2) is 12.1 Å². The number of rotatable bonds is 3. The molecule has 3 nitrogen and oxygen atoms in total. The lowest BCUT2D eigenvalue weighted by molar-refractivity contribution is 0.933. The first kappa shape index (κ1) is 14.4. The third-order valence-electron chi connectivity index (χ3n) is 3.13. The fourth-order valence-electron chi connectivity index (χ4n) is 2.38. The molecule has 1 aromatic carbocycles. The Morgan fingerprint density at radius 1 is 1.26 bits per heavy atom. The van der Waals surface area contributed by atoms with Gasteiger partial charge in [0.05, 0.1) is 16.2 Å². The van der Waals surface area contributed by atoms with Gasteiger partial charge in [-0.2, -0.15) is 0 Å². The predicted octanol–water partition coefficient (Wildman–Crippen LogP) is 3.42. The van der Waals surface area contributed by atoms with Crippen LogP contribution in [0.3, 0.4) is 0 Å². The summed E-state index contributed by atoms with van der Waals surface area (Å²) < 4.78 is 0. The lowest BCUT2D eigenvalue weighted by Gasteiger charge is -2.22. The first-order chi connectivity index (χ1) is 8.95. The molecule has 2 aromatic rings. The molecular weight excluding hydrogens is 281 g/mol. The van der Waals surface area contributed by atoms with Crippen molar-refractivity contribution in [3.05, 3.63) is 33.4 Å². The third-order valence-corrected chi connectivity index (χ3v) is 3.63. The van der Waals surface area contributed by atoms with E-state index in [0.717, 1.165) is 34.3 Å². The van der Waals surface area contributed by atoms with Gasteiger partial charge in [0.15, 0.2) is 0 Å². The van der Waals surface area contributed by atoms with Gasteiger partial charge in [0.25, 0.3) is 0 Å². The third kappa shape index (κ3) is 2.64. The van der Waals surface area contributed by atoms with Gasteiger partial charge in [-0.15, -0.1) is 0 Å². The van der Waals surface area contributed by atoms with E-state index in [1.807, 2.05) is 27.1 Å². The Balaban J connectivity index is 2.89. The molecule has 0 saturated carbocycles. The smallest absolute Gasteiger partial charge is 0.0913 e. The molecule has 0 bridgehead atoms. The van der Waals surface area contributed by atoms with Gasteiger partial charge >= 0.3 is 0 Å². The zero-order chi connectivity index (χ0) is 14.2. The van der Waals surface area contributed by atoms with Crippen molar-refractivity contribution >= 4 is 39.8 Å². The molecule has 0 aliphatic carbocycles. The summed E-state index contributed by atoms with van der Waals surface area (Å²) in [6.07, 6.45) is 0.784. The second-order valence-electron chi connectivity index (χ2n) is 4.74. The molecule has 1 aromatic heterocycles. The van der Waals surface area contributed by atoms with E-state index in [-0.39, 0.29) is 0 Å². The maximum Gasteiger partial charge on any atom is 0.0913 e. The molecule has 0 saturated heterocycles. The van der Waals surface area contributed by atoms with Crippen LogP contribution in [0, 0.1) is 6.92 Å². The van der Waals surface area contributed by atoms with E-state index in [1.165, 1.54) is 0 Å². The van der Waals surface area contributed by atoms with Crippen LogP contribution in [0.1, 0.15) is 11.3 Å². The van der Waals surface area contributed by atoms with E-state index in [1.54, 1.807) is 6.07 Å². The number of pyridine rings is 1. The van der Waals surface area contributed by atoms with E-state index < -0.39 is 0 Å². The van der Waals surface area contributed by atoms with Crippen LogP contribution in [0.25, 0.3) is 10.9 Å². The number of nitrogens with zero attached hydrogens (tertiary/aromatic N) is 2. The summed E-state index contributed by atoms with van der Waals surface area (Å²) in [6, 6.07) is 3.63. The summed E-state index contributed by atoms with van der Waals surface area (Å²) in [5, 5.41) is 2.16. The molecule has 1 heterocycles. The van der Waals surface area contributed by atoms with Gasteiger partial charge in [0.2, 0.25) is 0 Å². The molecule has 0 unspecified atom stereocenters. The molecule has 0 aliphatic heterocycles. The van der Waals surface area contributed by atoms with Gasteiger partial charge in [-0.25, -0.2) is 0 Å². The molecule has 0 atom stereocenters. The summed E-state index contributed by atoms with van der Waals surface area (Å²) in [5.41, 5.74) is 9.70. The van der Waals surface area contributed by atoms with Crippen LogP contribution < -0.4 is 10.6 Å². The van der Waals surface area contributed by atoms with E-state index in [4.69, 9.17) is 28.9 Å². The van der Waals surface area contributed by atoms with E-state index in [9.17, 15) is 0 Å². The number of hydrogen-bond donors (Lipinski definition) is 1. The Hall–Kier alpha value is -1.03. The number of aryl methyl sites for hydroxylation is 1. The SMILES string of the molecule is Cc1nc2c(Cl)cc(Cl)cc2c(N(C)C)c1CCN. The van der Waals surface area contributed by atoms with Crippen molar-refractivity contribution in [1.29, 1.82) is 0 Å². The van der Waals surface area contributed by atoms with Crippen LogP contribution in [-0.2, 0) is 6.42 Å². The number of halogens is 2. The second kappa shape index (κ2) is 5.53. The molecule has 102 valence electrons. The lowest BCUT2D eigenvalue weighted by Crippen LogP contribution is -2.16. The van der Waals surface area contributed by atoms with E-state index in [2.05, 4.69) is 9.88 Å². The number of nitrogens with two attached hydrogens (primary N) is 1. The van der Waals surface area contributed by atoms with Gasteiger partial charge in [-0.1, -0.05) is 23.2 Å². The van der Waals surface area contributed by atoms with Crippen molar-refractivity contribution in [3.63, 3.8) is 0 Å². The maximum atomic E-state index is 6.25. The van der Waals surface area contributed by atoms with Gasteiger partial charge in [-0.3, -0.25) is 4.98 Å². The second-order valence-corrected chi connectivity index (χ2v) is 5.58. The van der Waals surface area contributed by atoms with Crippen LogP contribution in [-0.4, -0.2) is 25.6 Å². The zero-order valence-electron chi connectivity index (χ0n) is 11.3. The Bertz CT molecular complexity index is 624. The fourth-order valence-corrected chi connectivity index (χ4v) is 2.92. The normalized spacial score (nSPS) is 11.1.